The summed E-state index contributed by atoms with van der Waals surface area (Å²) in [4.78, 5) is 14.1. The summed E-state index contributed by atoms with van der Waals surface area (Å²) in [6.45, 7) is 6.78. The molecule has 0 radical (unpaired) electrons. The fourth-order valence-electron chi connectivity index (χ4n) is 1.97. The second-order valence-electron chi connectivity index (χ2n) is 5.29. The molecule has 0 atom stereocenters. The fraction of sp³-hybridized carbons (Fsp3) is 0.562. The zero-order valence-electron chi connectivity index (χ0n) is 12.5. The molecule has 0 unspecified atom stereocenters. The smallest absolute Gasteiger partial charge is 0.226 e. The van der Waals surface area contributed by atoms with Crippen molar-refractivity contribution in [2.24, 2.45) is 11.7 Å². The van der Waals surface area contributed by atoms with Crippen LogP contribution in [0.2, 0.25) is 0 Å². The first kappa shape index (κ1) is 16.5. The lowest BCUT2D eigenvalue weighted by Gasteiger charge is -2.24. The molecular formula is C16H26N2O2. The summed E-state index contributed by atoms with van der Waals surface area (Å²) in [5, 5.41) is 0. The Morgan fingerprint density at radius 1 is 1.30 bits per heavy atom. The van der Waals surface area contributed by atoms with E-state index in [2.05, 4.69) is 13.8 Å². The summed E-state index contributed by atoms with van der Waals surface area (Å²) in [6, 6.07) is 9.57. The van der Waals surface area contributed by atoms with Crippen LogP contribution in [0.1, 0.15) is 26.7 Å². The number of hydrogen-bond donors (Lipinski definition) is 1. The largest absolute Gasteiger partial charge is 0.493 e. The van der Waals surface area contributed by atoms with E-state index >= 15 is 0 Å². The van der Waals surface area contributed by atoms with E-state index in [1.54, 1.807) is 0 Å². The topological polar surface area (TPSA) is 55.6 Å². The molecule has 0 heterocycles. The van der Waals surface area contributed by atoms with Gasteiger partial charge >= 0.3 is 0 Å². The van der Waals surface area contributed by atoms with Crippen molar-refractivity contribution in [3.8, 4) is 5.75 Å². The van der Waals surface area contributed by atoms with E-state index in [1.165, 1.54) is 0 Å². The van der Waals surface area contributed by atoms with Crippen LogP contribution in [-0.2, 0) is 4.79 Å². The highest BCUT2D eigenvalue weighted by molar-refractivity contribution is 5.76. The second kappa shape index (κ2) is 9.37. The molecule has 0 saturated carbocycles. The van der Waals surface area contributed by atoms with Gasteiger partial charge in [-0.05, 0) is 31.0 Å². The molecule has 4 heteroatoms. The minimum atomic E-state index is 0.142. The molecule has 4 nitrogen and oxygen atoms in total. The van der Waals surface area contributed by atoms with Crippen molar-refractivity contribution in [1.29, 1.82) is 0 Å². The van der Waals surface area contributed by atoms with Crippen LogP contribution in [0.3, 0.4) is 0 Å². The number of hydrogen-bond acceptors (Lipinski definition) is 3. The summed E-state index contributed by atoms with van der Waals surface area (Å²) >= 11 is 0. The molecule has 1 aromatic carbocycles. The Morgan fingerprint density at radius 2 is 2.00 bits per heavy atom. The Hall–Kier alpha value is -1.55. The van der Waals surface area contributed by atoms with Gasteiger partial charge in [0.1, 0.15) is 5.75 Å². The van der Waals surface area contributed by atoms with E-state index in [0.29, 0.717) is 25.5 Å². The third-order valence-corrected chi connectivity index (χ3v) is 2.90. The molecule has 0 aromatic heterocycles. The Balaban J connectivity index is 2.37. The lowest BCUT2D eigenvalue weighted by atomic mass is 10.2. The van der Waals surface area contributed by atoms with Crippen molar-refractivity contribution in [2.45, 2.75) is 26.7 Å². The molecule has 0 aliphatic rings. The van der Waals surface area contributed by atoms with Crippen LogP contribution in [0.4, 0.5) is 0 Å². The number of ether oxygens (including phenoxy) is 1. The minimum absolute atomic E-state index is 0.142. The molecule has 0 bridgehead atoms. The molecule has 0 aliphatic carbocycles. The number of nitrogens with zero attached hydrogens (tertiary/aromatic N) is 1. The maximum atomic E-state index is 12.2. The number of rotatable bonds is 9. The van der Waals surface area contributed by atoms with Crippen molar-refractivity contribution in [2.75, 3.05) is 26.2 Å². The number of nitrogens with two attached hydrogens (primary N) is 1. The molecule has 20 heavy (non-hydrogen) atoms. The molecular weight excluding hydrogens is 252 g/mol. The van der Waals surface area contributed by atoms with Gasteiger partial charge in [0.2, 0.25) is 5.91 Å². The average Bonchev–Trinajstić information content (AvgIpc) is 2.44. The molecule has 2 N–H and O–H groups in total. The van der Waals surface area contributed by atoms with Crippen LogP contribution in [0.25, 0.3) is 0 Å². The number of para-hydroxylation sites is 1. The van der Waals surface area contributed by atoms with Gasteiger partial charge in [-0.1, -0.05) is 32.0 Å². The Bertz CT molecular complexity index is 379. The van der Waals surface area contributed by atoms with Crippen molar-refractivity contribution in [3.05, 3.63) is 30.3 Å². The normalized spacial score (nSPS) is 10.6. The van der Waals surface area contributed by atoms with Crippen LogP contribution in [0.5, 0.6) is 5.75 Å². The van der Waals surface area contributed by atoms with Gasteiger partial charge in [0.15, 0.2) is 0 Å². The van der Waals surface area contributed by atoms with Crippen molar-refractivity contribution >= 4 is 5.91 Å². The molecule has 0 fully saturated rings. The third kappa shape index (κ3) is 6.57. The first-order chi connectivity index (χ1) is 9.63. The monoisotopic (exact) mass is 278 g/mol. The highest BCUT2D eigenvalue weighted by Gasteiger charge is 2.14. The van der Waals surface area contributed by atoms with Crippen LogP contribution in [-0.4, -0.2) is 37.0 Å². The van der Waals surface area contributed by atoms with E-state index in [0.717, 1.165) is 25.3 Å². The zero-order chi connectivity index (χ0) is 14.8. The van der Waals surface area contributed by atoms with E-state index in [1.807, 2.05) is 35.2 Å². The van der Waals surface area contributed by atoms with Crippen LogP contribution < -0.4 is 10.5 Å². The van der Waals surface area contributed by atoms with Crippen LogP contribution in [0.15, 0.2) is 30.3 Å². The van der Waals surface area contributed by atoms with E-state index in [-0.39, 0.29) is 5.91 Å². The lowest BCUT2D eigenvalue weighted by molar-refractivity contribution is -0.132. The van der Waals surface area contributed by atoms with E-state index in [4.69, 9.17) is 10.5 Å². The number of benzene rings is 1. The van der Waals surface area contributed by atoms with Gasteiger partial charge in [-0.25, -0.2) is 0 Å². The molecule has 1 aromatic rings. The molecule has 1 amide bonds. The average molecular weight is 278 g/mol. The molecule has 0 saturated heterocycles. The van der Waals surface area contributed by atoms with Gasteiger partial charge in [-0.3, -0.25) is 4.79 Å². The number of carbonyl (C=O) groups is 1. The van der Waals surface area contributed by atoms with Crippen LogP contribution in [0, 0.1) is 5.92 Å². The Kier molecular flexibility index (Phi) is 7.73. The van der Waals surface area contributed by atoms with Crippen molar-refractivity contribution < 1.29 is 9.53 Å². The lowest BCUT2D eigenvalue weighted by Crippen LogP contribution is -2.36. The Morgan fingerprint density at radius 3 is 2.60 bits per heavy atom. The summed E-state index contributed by atoms with van der Waals surface area (Å²) in [5.74, 6) is 1.41. The predicted octanol–water partition coefficient (Wildman–Crippen LogP) is 2.29. The summed E-state index contributed by atoms with van der Waals surface area (Å²) in [5.41, 5.74) is 5.52. The molecule has 0 spiro atoms. The predicted molar refractivity (Wildman–Crippen MR) is 81.6 cm³/mol. The number of carbonyl (C=O) groups excluding carboxylic acids is 1. The molecule has 1 rings (SSSR count). The maximum Gasteiger partial charge on any atom is 0.226 e. The van der Waals surface area contributed by atoms with Gasteiger partial charge in [0.25, 0.3) is 0 Å². The van der Waals surface area contributed by atoms with Gasteiger partial charge in [-0.2, -0.15) is 0 Å². The summed E-state index contributed by atoms with van der Waals surface area (Å²) < 4.78 is 5.56. The zero-order valence-corrected chi connectivity index (χ0v) is 12.5. The van der Waals surface area contributed by atoms with Gasteiger partial charge in [0.05, 0.1) is 13.0 Å². The first-order valence-electron chi connectivity index (χ1n) is 7.29. The van der Waals surface area contributed by atoms with Gasteiger partial charge in [0, 0.05) is 13.1 Å². The second-order valence-corrected chi connectivity index (χ2v) is 5.29. The quantitative estimate of drug-likeness (QED) is 0.754. The molecule has 112 valence electrons. The van der Waals surface area contributed by atoms with Gasteiger partial charge < -0.3 is 15.4 Å². The fourth-order valence-corrected chi connectivity index (χ4v) is 1.97. The minimum Gasteiger partial charge on any atom is -0.493 e. The third-order valence-electron chi connectivity index (χ3n) is 2.90. The highest BCUT2D eigenvalue weighted by Crippen LogP contribution is 2.09. The molecule has 0 aliphatic heterocycles. The van der Waals surface area contributed by atoms with Gasteiger partial charge in [-0.15, -0.1) is 0 Å². The van der Waals surface area contributed by atoms with Crippen LogP contribution >= 0.6 is 0 Å². The highest BCUT2D eigenvalue weighted by atomic mass is 16.5. The SMILES string of the molecule is CC(C)CN(CCCN)C(=O)CCOc1ccccc1. The number of amides is 1. The van der Waals surface area contributed by atoms with Crippen molar-refractivity contribution in [3.63, 3.8) is 0 Å². The maximum absolute atomic E-state index is 12.2. The van der Waals surface area contributed by atoms with E-state index in [9.17, 15) is 4.79 Å². The standard InChI is InChI=1S/C16H26N2O2/c1-14(2)13-18(11-6-10-17)16(19)9-12-20-15-7-4-3-5-8-15/h3-5,7-8,14H,6,9-13,17H2,1-2H3. The summed E-state index contributed by atoms with van der Waals surface area (Å²) in [6.07, 6.45) is 1.25. The van der Waals surface area contributed by atoms with E-state index < -0.39 is 0 Å². The summed E-state index contributed by atoms with van der Waals surface area (Å²) in [7, 11) is 0. The van der Waals surface area contributed by atoms with Crippen molar-refractivity contribution in [1.82, 2.24) is 4.90 Å². The first-order valence-corrected chi connectivity index (χ1v) is 7.29. The Labute approximate surface area is 121 Å².